The molecule has 0 bridgehead atoms. The van der Waals surface area contributed by atoms with Gasteiger partial charge in [0.2, 0.25) is 0 Å². The summed E-state index contributed by atoms with van der Waals surface area (Å²) in [6.07, 6.45) is 7.15. The fourth-order valence-corrected chi connectivity index (χ4v) is 2.52. The summed E-state index contributed by atoms with van der Waals surface area (Å²) in [6, 6.07) is 0. The summed E-state index contributed by atoms with van der Waals surface area (Å²) < 4.78 is 4.62. The number of ether oxygens (including phenoxy) is 1. The van der Waals surface area contributed by atoms with E-state index in [1.54, 1.807) is 6.08 Å². The summed E-state index contributed by atoms with van der Waals surface area (Å²) in [5, 5.41) is 0. The molecule has 0 N–H and O–H groups in total. The molecule has 0 heterocycles. The lowest BCUT2D eigenvalue weighted by atomic mass is 9.72. The van der Waals surface area contributed by atoms with Gasteiger partial charge in [0.1, 0.15) is 0 Å². The molecule has 0 radical (unpaired) electrons. The molecule has 0 aromatic carbocycles. The van der Waals surface area contributed by atoms with Crippen LogP contribution in [0.1, 0.15) is 33.1 Å². The van der Waals surface area contributed by atoms with Crippen LogP contribution in [0.25, 0.3) is 0 Å². The number of methoxy groups -OCH3 is 1. The van der Waals surface area contributed by atoms with Crippen LogP contribution in [-0.2, 0) is 9.53 Å². The molecule has 0 amide bonds. The number of hydrogen-bond acceptors (Lipinski definition) is 2. The van der Waals surface area contributed by atoms with Crippen LogP contribution < -0.4 is 0 Å². The Balaban J connectivity index is 2.68. The number of allylic oxidation sites excluding steroid dienone is 2. The molecular formula is C14H22O2. The van der Waals surface area contributed by atoms with Gasteiger partial charge in [-0.05, 0) is 37.5 Å². The molecule has 1 aliphatic rings. The maximum Gasteiger partial charge on any atom is 0.330 e. The molecule has 0 aliphatic heterocycles. The van der Waals surface area contributed by atoms with Crippen molar-refractivity contribution in [3.8, 4) is 0 Å². The summed E-state index contributed by atoms with van der Waals surface area (Å²) in [7, 11) is 1.41. The lowest BCUT2D eigenvalue weighted by molar-refractivity contribution is -0.134. The van der Waals surface area contributed by atoms with Crippen molar-refractivity contribution in [1.82, 2.24) is 0 Å². The third-order valence-electron chi connectivity index (χ3n) is 3.48. The van der Waals surface area contributed by atoms with Crippen LogP contribution in [-0.4, -0.2) is 13.1 Å². The van der Waals surface area contributed by atoms with E-state index in [2.05, 4.69) is 25.2 Å². The standard InChI is InChI=1S/C14H22O2/c1-10(2)13-7-5-11(3)9-12(13)6-8-14(15)16-4/h6,8,11-13H,1,5,7,9H2,2-4H3/b8-6+/t11-,12-,13+/m1/s1. The van der Waals surface area contributed by atoms with E-state index in [0.717, 1.165) is 12.3 Å². The Bertz CT molecular complexity index is 291. The molecule has 0 saturated heterocycles. The zero-order valence-corrected chi connectivity index (χ0v) is 10.5. The topological polar surface area (TPSA) is 26.3 Å². The number of carbonyl (C=O) groups is 1. The summed E-state index contributed by atoms with van der Waals surface area (Å²) in [4.78, 5) is 11.1. The first kappa shape index (κ1) is 13.0. The van der Waals surface area contributed by atoms with Gasteiger partial charge in [-0.15, -0.1) is 0 Å². The number of carbonyl (C=O) groups excluding carboxylic acids is 1. The Hall–Kier alpha value is -1.05. The molecule has 0 aromatic heterocycles. The molecule has 2 nitrogen and oxygen atoms in total. The first-order chi connectivity index (χ1) is 7.54. The summed E-state index contributed by atoms with van der Waals surface area (Å²) in [5.74, 6) is 1.44. The Morgan fingerprint density at radius 2 is 2.12 bits per heavy atom. The van der Waals surface area contributed by atoms with Gasteiger partial charge in [0, 0.05) is 6.08 Å². The van der Waals surface area contributed by atoms with E-state index in [0.29, 0.717) is 11.8 Å². The van der Waals surface area contributed by atoms with E-state index in [-0.39, 0.29) is 5.97 Å². The molecule has 1 rings (SSSR count). The van der Waals surface area contributed by atoms with E-state index in [9.17, 15) is 4.79 Å². The summed E-state index contributed by atoms with van der Waals surface area (Å²) in [5.41, 5.74) is 1.23. The second kappa shape index (κ2) is 5.88. The highest BCUT2D eigenvalue weighted by atomic mass is 16.5. The van der Waals surface area contributed by atoms with Crippen molar-refractivity contribution < 1.29 is 9.53 Å². The predicted molar refractivity (Wildman–Crippen MR) is 66.0 cm³/mol. The van der Waals surface area contributed by atoms with Crippen molar-refractivity contribution >= 4 is 5.97 Å². The van der Waals surface area contributed by atoms with Gasteiger partial charge in [-0.1, -0.05) is 31.6 Å². The zero-order valence-electron chi connectivity index (χ0n) is 10.5. The highest BCUT2D eigenvalue weighted by molar-refractivity contribution is 5.81. The van der Waals surface area contributed by atoms with E-state index >= 15 is 0 Å². The third kappa shape index (κ3) is 3.51. The smallest absolute Gasteiger partial charge is 0.330 e. The lowest BCUT2D eigenvalue weighted by Gasteiger charge is -2.33. The average molecular weight is 222 g/mol. The molecular weight excluding hydrogens is 200 g/mol. The van der Waals surface area contributed by atoms with Gasteiger partial charge in [-0.3, -0.25) is 0 Å². The molecule has 0 spiro atoms. The fraction of sp³-hybridized carbons (Fsp3) is 0.643. The second-order valence-corrected chi connectivity index (χ2v) is 4.92. The minimum atomic E-state index is -0.265. The van der Waals surface area contributed by atoms with Gasteiger partial charge in [0.15, 0.2) is 0 Å². The molecule has 0 unspecified atom stereocenters. The molecule has 1 saturated carbocycles. The van der Waals surface area contributed by atoms with Crippen molar-refractivity contribution in [1.29, 1.82) is 0 Å². The van der Waals surface area contributed by atoms with Gasteiger partial charge in [-0.2, -0.15) is 0 Å². The third-order valence-corrected chi connectivity index (χ3v) is 3.48. The quantitative estimate of drug-likeness (QED) is 0.416. The van der Waals surface area contributed by atoms with Crippen LogP contribution in [0, 0.1) is 17.8 Å². The normalized spacial score (nSPS) is 30.3. The van der Waals surface area contributed by atoms with Gasteiger partial charge < -0.3 is 4.74 Å². The first-order valence-corrected chi connectivity index (χ1v) is 5.96. The van der Waals surface area contributed by atoms with Gasteiger partial charge in [0.25, 0.3) is 0 Å². The first-order valence-electron chi connectivity index (χ1n) is 5.96. The van der Waals surface area contributed by atoms with Crippen molar-refractivity contribution in [2.24, 2.45) is 17.8 Å². The predicted octanol–water partition coefficient (Wildman–Crippen LogP) is 3.34. The lowest BCUT2D eigenvalue weighted by Crippen LogP contribution is -2.23. The van der Waals surface area contributed by atoms with Crippen molar-refractivity contribution in [3.63, 3.8) is 0 Å². The molecule has 90 valence electrons. The van der Waals surface area contributed by atoms with E-state index in [1.165, 1.54) is 25.5 Å². The van der Waals surface area contributed by atoms with E-state index in [4.69, 9.17) is 0 Å². The minimum absolute atomic E-state index is 0.265. The van der Waals surface area contributed by atoms with Crippen LogP contribution >= 0.6 is 0 Å². The van der Waals surface area contributed by atoms with E-state index in [1.807, 2.05) is 6.08 Å². The van der Waals surface area contributed by atoms with E-state index < -0.39 is 0 Å². The fourth-order valence-electron chi connectivity index (χ4n) is 2.52. The van der Waals surface area contributed by atoms with Crippen molar-refractivity contribution in [3.05, 3.63) is 24.3 Å². The molecule has 16 heavy (non-hydrogen) atoms. The minimum Gasteiger partial charge on any atom is -0.466 e. The SMILES string of the molecule is C=C(C)[C@@H]1CC[C@@H](C)C[C@H]1/C=C/C(=O)OC. The van der Waals surface area contributed by atoms with Crippen LogP contribution in [0.4, 0.5) is 0 Å². The van der Waals surface area contributed by atoms with Gasteiger partial charge >= 0.3 is 5.97 Å². The largest absolute Gasteiger partial charge is 0.466 e. The zero-order chi connectivity index (χ0) is 12.1. The maximum absolute atomic E-state index is 11.1. The Morgan fingerprint density at radius 3 is 2.69 bits per heavy atom. The molecule has 3 atom stereocenters. The van der Waals surface area contributed by atoms with Crippen LogP contribution in [0.2, 0.25) is 0 Å². The number of rotatable bonds is 3. The van der Waals surface area contributed by atoms with Crippen LogP contribution in [0.5, 0.6) is 0 Å². The van der Waals surface area contributed by atoms with Crippen LogP contribution in [0.15, 0.2) is 24.3 Å². The van der Waals surface area contributed by atoms with Crippen LogP contribution in [0.3, 0.4) is 0 Å². The maximum atomic E-state index is 11.1. The Morgan fingerprint density at radius 1 is 1.44 bits per heavy atom. The molecule has 1 fully saturated rings. The van der Waals surface area contributed by atoms with Gasteiger partial charge in [0.05, 0.1) is 7.11 Å². The highest BCUT2D eigenvalue weighted by Gasteiger charge is 2.27. The van der Waals surface area contributed by atoms with Gasteiger partial charge in [-0.25, -0.2) is 4.79 Å². The van der Waals surface area contributed by atoms with Crippen molar-refractivity contribution in [2.75, 3.05) is 7.11 Å². The summed E-state index contributed by atoms with van der Waals surface area (Å²) in [6.45, 7) is 8.41. The monoisotopic (exact) mass is 222 g/mol. The molecule has 2 heteroatoms. The highest BCUT2D eigenvalue weighted by Crippen LogP contribution is 2.37. The van der Waals surface area contributed by atoms with Crippen molar-refractivity contribution in [2.45, 2.75) is 33.1 Å². The molecule has 0 aromatic rings. The summed E-state index contributed by atoms with van der Waals surface area (Å²) >= 11 is 0. The Labute approximate surface area is 98.4 Å². The Kier molecular flexibility index (Phi) is 4.78. The number of hydrogen-bond donors (Lipinski definition) is 0. The molecule has 1 aliphatic carbocycles. The number of esters is 1. The average Bonchev–Trinajstić information content (AvgIpc) is 2.25. The second-order valence-electron chi connectivity index (χ2n) is 4.92.